The number of carbonyl (C=O) groups is 1. The van der Waals surface area contributed by atoms with Gasteiger partial charge < -0.3 is 5.73 Å². The van der Waals surface area contributed by atoms with Crippen LogP contribution in [-0.4, -0.2) is 5.91 Å². The number of amides is 1. The smallest absolute Gasteiger partial charge is 0.248 e. The highest BCUT2D eigenvalue weighted by molar-refractivity contribution is 6.33. The molecule has 0 atom stereocenters. The van der Waals surface area contributed by atoms with Gasteiger partial charge >= 0.3 is 0 Å². The molecular weight excluding hydrogens is 253 g/mol. The Kier molecular flexibility index (Phi) is 3.34. The Balaban J connectivity index is 2.60. The molecule has 0 saturated carbocycles. The van der Waals surface area contributed by atoms with Crippen LogP contribution in [0.1, 0.15) is 15.9 Å². The molecule has 0 saturated heterocycles. The molecule has 1 amide bonds. The molecular formula is C14H11ClFNO. The predicted octanol–water partition coefficient (Wildman–Crippen LogP) is 3.55. The van der Waals surface area contributed by atoms with Crippen LogP contribution in [0.3, 0.4) is 0 Å². The van der Waals surface area contributed by atoms with Crippen LogP contribution in [0.5, 0.6) is 0 Å². The van der Waals surface area contributed by atoms with Crippen molar-refractivity contribution in [2.24, 2.45) is 5.73 Å². The highest BCUT2D eigenvalue weighted by Gasteiger charge is 2.09. The second-order valence-electron chi connectivity index (χ2n) is 4.08. The molecule has 2 rings (SSSR count). The van der Waals surface area contributed by atoms with Crippen molar-refractivity contribution in [2.45, 2.75) is 6.92 Å². The molecule has 2 aromatic rings. The van der Waals surface area contributed by atoms with Gasteiger partial charge in [0.15, 0.2) is 0 Å². The Morgan fingerprint density at radius 3 is 2.56 bits per heavy atom. The molecule has 0 spiro atoms. The SMILES string of the molecule is Cc1ccc(-c2cc(F)cc(C(N)=O)c2)c(Cl)c1. The van der Waals surface area contributed by atoms with Crippen molar-refractivity contribution in [3.05, 3.63) is 58.4 Å². The molecule has 0 aliphatic carbocycles. The molecule has 0 aliphatic heterocycles. The number of hydrogen-bond donors (Lipinski definition) is 1. The lowest BCUT2D eigenvalue weighted by Crippen LogP contribution is -2.11. The van der Waals surface area contributed by atoms with E-state index >= 15 is 0 Å². The molecule has 2 nitrogen and oxygen atoms in total. The number of benzene rings is 2. The zero-order valence-corrected chi connectivity index (χ0v) is 10.5. The standard InChI is InChI=1S/C14H11ClFNO/c1-8-2-3-12(13(15)4-8)9-5-10(14(17)18)7-11(16)6-9/h2-7H,1H3,(H2,17,18). The van der Waals surface area contributed by atoms with Crippen molar-refractivity contribution < 1.29 is 9.18 Å². The van der Waals surface area contributed by atoms with Gasteiger partial charge in [0.05, 0.1) is 0 Å². The van der Waals surface area contributed by atoms with Crippen molar-refractivity contribution in [1.82, 2.24) is 0 Å². The lowest BCUT2D eigenvalue weighted by Gasteiger charge is -2.07. The molecule has 0 radical (unpaired) electrons. The van der Waals surface area contributed by atoms with Crippen LogP contribution in [0.2, 0.25) is 5.02 Å². The van der Waals surface area contributed by atoms with Crippen molar-refractivity contribution in [2.75, 3.05) is 0 Å². The first-order chi connectivity index (χ1) is 8.47. The molecule has 4 heteroatoms. The Morgan fingerprint density at radius 1 is 1.22 bits per heavy atom. The van der Waals surface area contributed by atoms with Gasteiger partial charge in [-0.25, -0.2) is 4.39 Å². The molecule has 0 aromatic heterocycles. The fourth-order valence-corrected chi connectivity index (χ4v) is 2.09. The van der Waals surface area contributed by atoms with Gasteiger partial charge in [0.2, 0.25) is 5.91 Å². The fraction of sp³-hybridized carbons (Fsp3) is 0.0714. The largest absolute Gasteiger partial charge is 0.366 e. The number of hydrogen-bond acceptors (Lipinski definition) is 1. The lowest BCUT2D eigenvalue weighted by molar-refractivity contribution is 0.1000. The summed E-state index contributed by atoms with van der Waals surface area (Å²) in [5.41, 5.74) is 7.50. The first-order valence-corrected chi connectivity index (χ1v) is 5.72. The molecule has 2 aromatic carbocycles. The number of halogens is 2. The second kappa shape index (κ2) is 4.78. The van der Waals surface area contributed by atoms with E-state index in [1.807, 2.05) is 13.0 Å². The van der Waals surface area contributed by atoms with Crippen LogP contribution in [-0.2, 0) is 0 Å². The van der Waals surface area contributed by atoms with Crippen molar-refractivity contribution in [1.29, 1.82) is 0 Å². The van der Waals surface area contributed by atoms with E-state index in [0.717, 1.165) is 11.6 Å². The van der Waals surface area contributed by atoms with Gasteiger partial charge in [-0.2, -0.15) is 0 Å². The predicted molar refractivity (Wildman–Crippen MR) is 70.1 cm³/mol. The molecule has 0 aliphatic rings. The maximum Gasteiger partial charge on any atom is 0.248 e. The Labute approximate surface area is 109 Å². The minimum absolute atomic E-state index is 0.127. The highest BCUT2D eigenvalue weighted by Crippen LogP contribution is 2.29. The maximum atomic E-state index is 13.4. The van der Waals surface area contributed by atoms with Crippen LogP contribution in [0.25, 0.3) is 11.1 Å². The van der Waals surface area contributed by atoms with Crippen molar-refractivity contribution >= 4 is 17.5 Å². The summed E-state index contributed by atoms with van der Waals surface area (Å²) in [5.74, 6) is -1.18. The molecule has 0 heterocycles. The van der Waals surface area contributed by atoms with Gasteiger partial charge in [0.25, 0.3) is 0 Å². The summed E-state index contributed by atoms with van der Waals surface area (Å²) in [6, 6.07) is 9.40. The van der Waals surface area contributed by atoms with Crippen LogP contribution in [0, 0.1) is 12.7 Å². The fourth-order valence-electron chi connectivity index (χ4n) is 1.74. The van der Waals surface area contributed by atoms with E-state index in [4.69, 9.17) is 17.3 Å². The molecule has 92 valence electrons. The summed E-state index contributed by atoms with van der Waals surface area (Å²) in [4.78, 5) is 11.1. The number of aryl methyl sites for hydroxylation is 1. The number of carbonyl (C=O) groups excluding carboxylic acids is 1. The van der Waals surface area contributed by atoms with Gasteiger partial charge in [-0.3, -0.25) is 4.79 Å². The quantitative estimate of drug-likeness (QED) is 0.885. The first kappa shape index (κ1) is 12.6. The number of rotatable bonds is 2. The molecule has 2 N–H and O–H groups in total. The number of primary amides is 1. The van der Waals surface area contributed by atoms with E-state index in [1.54, 1.807) is 12.1 Å². The summed E-state index contributed by atoms with van der Waals surface area (Å²) in [6.07, 6.45) is 0. The summed E-state index contributed by atoms with van der Waals surface area (Å²) >= 11 is 6.11. The molecule has 18 heavy (non-hydrogen) atoms. The van der Waals surface area contributed by atoms with Crippen LogP contribution in [0.4, 0.5) is 4.39 Å². The second-order valence-corrected chi connectivity index (χ2v) is 4.48. The van der Waals surface area contributed by atoms with E-state index < -0.39 is 11.7 Å². The molecule has 0 bridgehead atoms. The average molecular weight is 264 g/mol. The van der Waals surface area contributed by atoms with E-state index in [1.165, 1.54) is 12.1 Å². The van der Waals surface area contributed by atoms with E-state index in [-0.39, 0.29) is 5.56 Å². The first-order valence-electron chi connectivity index (χ1n) is 5.34. The van der Waals surface area contributed by atoms with Gasteiger partial charge in [0.1, 0.15) is 5.82 Å². The summed E-state index contributed by atoms with van der Waals surface area (Å²) < 4.78 is 13.4. The Morgan fingerprint density at radius 2 is 1.94 bits per heavy atom. The summed E-state index contributed by atoms with van der Waals surface area (Å²) in [5, 5.41) is 0.510. The topological polar surface area (TPSA) is 43.1 Å². The highest BCUT2D eigenvalue weighted by atomic mass is 35.5. The van der Waals surface area contributed by atoms with E-state index in [2.05, 4.69) is 0 Å². The van der Waals surface area contributed by atoms with Crippen LogP contribution in [0.15, 0.2) is 36.4 Å². The maximum absolute atomic E-state index is 13.4. The molecule has 0 unspecified atom stereocenters. The zero-order valence-electron chi connectivity index (χ0n) is 9.71. The normalized spacial score (nSPS) is 10.4. The summed E-state index contributed by atoms with van der Waals surface area (Å²) in [6.45, 7) is 1.91. The van der Waals surface area contributed by atoms with Gasteiger partial charge in [-0.15, -0.1) is 0 Å². The van der Waals surface area contributed by atoms with E-state index in [0.29, 0.717) is 16.1 Å². The van der Waals surface area contributed by atoms with Crippen molar-refractivity contribution in [3.63, 3.8) is 0 Å². The third-order valence-electron chi connectivity index (χ3n) is 2.62. The van der Waals surface area contributed by atoms with Gasteiger partial charge in [-0.05, 0) is 42.3 Å². The van der Waals surface area contributed by atoms with E-state index in [9.17, 15) is 9.18 Å². The molecule has 0 fully saturated rings. The van der Waals surface area contributed by atoms with Crippen molar-refractivity contribution in [3.8, 4) is 11.1 Å². The Bertz CT molecular complexity index is 625. The monoisotopic (exact) mass is 263 g/mol. The number of nitrogens with two attached hydrogens (primary N) is 1. The van der Waals surface area contributed by atoms with Gasteiger partial charge in [0, 0.05) is 16.1 Å². The Hall–Kier alpha value is -1.87. The van der Waals surface area contributed by atoms with Gasteiger partial charge in [-0.1, -0.05) is 23.7 Å². The zero-order chi connectivity index (χ0) is 13.3. The van der Waals surface area contributed by atoms with Crippen LogP contribution >= 0.6 is 11.6 Å². The lowest BCUT2D eigenvalue weighted by atomic mass is 10.0. The third-order valence-corrected chi connectivity index (χ3v) is 2.93. The van der Waals surface area contributed by atoms with Crippen LogP contribution < -0.4 is 5.73 Å². The average Bonchev–Trinajstić information content (AvgIpc) is 2.27. The summed E-state index contributed by atoms with van der Waals surface area (Å²) in [7, 11) is 0. The minimum atomic E-state index is -0.668. The third kappa shape index (κ3) is 2.51. The minimum Gasteiger partial charge on any atom is -0.366 e.